The van der Waals surface area contributed by atoms with E-state index in [9.17, 15) is 10.1 Å². The first-order valence-electron chi connectivity index (χ1n) is 7.19. The van der Waals surface area contributed by atoms with Crippen molar-refractivity contribution in [1.82, 2.24) is 9.88 Å². The number of carbonyl (C=O) groups is 1. The van der Waals surface area contributed by atoms with Crippen molar-refractivity contribution in [3.05, 3.63) is 47.3 Å². The topological polar surface area (TPSA) is 59.9 Å². The molecule has 0 saturated heterocycles. The molecular formula is C18H21N3O. The molecule has 0 spiro atoms. The monoisotopic (exact) mass is 295 g/mol. The molecule has 2 rings (SSSR count). The van der Waals surface area contributed by atoms with E-state index in [-0.39, 0.29) is 16.8 Å². The van der Waals surface area contributed by atoms with Crippen molar-refractivity contribution >= 4 is 16.7 Å². The van der Waals surface area contributed by atoms with Crippen LogP contribution < -0.4 is 0 Å². The third-order valence-electron chi connectivity index (χ3n) is 3.47. The summed E-state index contributed by atoms with van der Waals surface area (Å²) in [5, 5.41) is 10.2. The number of benzene rings is 1. The molecule has 0 aliphatic heterocycles. The summed E-state index contributed by atoms with van der Waals surface area (Å²) >= 11 is 0. The summed E-state index contributed by atoms with van der Waals surface area (Å²) in [5.41, 5.74) is 2.64. The van der Waals surface area contributed by atoms with Crippen LogP contribution in [0.25, 0.3) is 10.9 Å². The molecule has 4 nitrogen and oxygen atoms in total. The quantitative estimate of drug-likeness (QED) is 0.534. The van der Waals surface area contributed by atoms with Gasteiger partial charge in [0.15, 0.2) is 0 Å². The lowest BCUT2D eigenvalue weighted by atomic mass is 9.85. The van der Waals surface area contributed by atoms with Gasteiger partial charge >= 0.3 is 0 Å². The first-order valence-corrected chi connectivity index (χ1v) is 7.19. The van der Waals surface area contributed by atoms with Crippen molar-refractivity contribution in [2.24, 2.45) is 0 Å². The second-order valence-corrected chi connectivity index (χ2v) is 6.65. The van der Waals surface area contributed by atoms with Crippen molar-refractivity contribution in [1.29, 1.82) is 5.26 Å². The van der Waals surface area contributed by atoms with Crippen LogP contribution in [0, 0.1) is 11.3 Å². The van der Waals surface area contributed by atoms with Crippen LogP contribution in [0.4, 0.5) is 0 Å². The average molecular weight is 295 g/mol. The molecular weight excluding hydrogens is 274 g/mol. The summed E-state index contributed by atoms with van der Waals surface area (Å²) in [6.45, 7) is 6.43. The lowest BCUT2D eigenvalue weighted by Crippen LogP contribution is -2.11. The van der Waals surface area contributed by atoms with Crippen LogP contribution >= 0.6 is 0 Å². The Morgan fingerprint density at radius 2 is 2.00 bits per heavy atom. The molecule has 0 fully saturated rings. The van der Waals surface area contributed by atoms with Crippen LogP contribution in [0.3, 0.4) is 0 Å². The number of ketones is 1. The van der Waals surface area contributed by atoms with Crippen LogP contribution in [0.5, 0.6) is 0 Å². The molecule has 4 heteroatoms. The zero-order valence-electron chi connectivity index (χ0n) is 13.7. The van der Waals surface area contributed by atoms with Gasteiger partial charge < -0.3 is 9.88 Å². The highest BCUT2D eigenvalue weighted by atomic mass is 16.1. The van der Waals surface area contributed by atoms with Gasteiger partial charge in [-0.25, -0.2) is 0 Å². The Balaban J connectivity index is 2.56. The van der Waals surface area contributed by atoms with Crippen molar-refractivity contribution in [2.75, 3.05) is 14.1 Å². The maximum Gasteiger partial charge on any atom is 0.221 e. The maximum absolute atomic E-state index is 12.5. The van der Waals surface area contributed by atoms with E-state index in [0.717, 1.165) is 10.9 Å². The molecule has 1 heterocycles. The molecule has 0 saturated carbocycles. The van der Waals surface area contributed by atoms with Gasteiger partial charge in [0.1, 0.15) is 11.6 Å². The fourth-order valence-electron chi connectivity index (χ4n) is 2.47. The first kappa shape index (κ1) is 15.8. The van der Waals surface area contributed by atoms with Crippen LogP contribution in [0.2, 0.25) is 0 Å². The average Bonchev–Trinajstić information content (AvgIpc) is 2.86. The number of aromatic nitrogens is 1. The molecule has 2 aromatic rings. The number of H-pyrrole nitrogens is 1. The second-order valence-electron chi connectivity index (χ2n) is 6.65. The second kappa shape index (κ2) is 5.69. The van der Waals surface area contributed by atoms with Crippen LogP contribution in [0.1, 0.15) is 36.8 Å². The molecule has 1 N–H and O–H groups in total. The van der Waals surface area contributed by atoms with Gasteiger partial charge in [-0.15, -0.1) is 0 Å². The van der Waals surface area contributed by atoms with Gasteiger partial charge in [0.2, 0.25) is 5.78 Å². The van der Waals surface area contributed by atoms with Crippen molar-refractivity contribution in [3.8, 4) is 6.07 Å². The van der Waals surface area contributed by atoms with Crippen molar-refractivity contribution < 1.29 is 4.79 Å². The standard InChI is InChI=1S/C18H21N3O/c1-18(2,3)14-7-6-8-15-13(14)9-16(20-15)17(22)12(10-19)11-21(4)5/h6-9,11,20H,1-5H3. The van der Waals surface area contributed by atoms with Gasteiger partial charge in [-0.2, -0.15) is 5.26 Å². The van der Waals surface area contributed by atoms with E-state index in [1.165, 1.54) is 5.56 Å². The summed E-state index contributed by atoms with van der Waals surface area (Å²) in [6, 6.07) is 9.82. The predicted molar refractivity (Wildman–Crippen MR) is 88.7 cm³/mol. The third kappa shape index (κ3) is 3.04. The Morgan fingerprint density at radius 1 is 1.32 bits per heavy atom. The summed E-state index contributed by atoms with van der Waals surface area (Å²) in [7, 11) is 3.57. The minimum atomic E-state index is -0.285. The van der Waals surface area contributed by atoms with Crippen LogP contribution in [-0.2, 0) is 5.41 Å². The smallest absolute Gasteiger partial charge is 0.221 e. The largest absolute Gasteiger partial charge is 0.382 e. The summed E-state index contributed by atoms with van der Waals surface area (Å²) in [4.78, 5) is 17.3. The summed E-state index contributed by atoms with van der Waals surface area (Å²) in [5.74, 6) is -0.285. The van der Waals surface area contributed by atoms with Gasteiger partial charge in [-0.05, 0) is 23.1 Å². The highest BCUT2D eigenvalue weighted by molar-refractivity contribution is 6.12. The number of nitrogens with one attached hydrogen (secondary N) is 1. The molecule has 22 heavy (non-hydrogen) atoms. The van der Waals surface area contributed by atoms with Crippen molar-refractivity contribution in [3.63, 3.8) is 0 Å². The molecule has 0 unspecified atom stereocenters. The van der Waals surface area contributed by atoms with Crippen molar-refractivity contribution in [2.45, 2.75) is 26.2 Å². The Bertz CT molecular complexity index is 783. The number of hydrogen-bond acceptors (Lipinski definition) is 3. The number of aromatic amines is 1. The Morgan fingerprint density at radius 3 is 2.55 bits per heavy atom. The van der Waals surface area contributed by atoms with E-state index in [1.54, 1.807) is 25.2 Å². The van der Waals surface area contributed by atoms with Gasteiger partial charge in [0, 0.05) is 31.2 Å². The molecule has 0 bridgehead atoms. The number of rotatable bonds is 3. The molecule has 0 aliphatic rings. The van der Waals surface area contributed by atoms with E-state index in [2.05, 4.69) is 31.8 Å². The lowest BCUT2D eigenvalue weighted by Gasteiger charge is -2.19. The Kier molecular flexibility index (Phi) is 4.09. The zero-order chi connectivity index (χ0) is 16.5. The van der Waals surface area contributed by atoms with Gasteiger partial charge in [0.05, 0.1) is 5.69 Å². The fourth-order valence-corrected chi connectivity index (χ4v) is 2.47. The summed E-state index contributed by atoms with van der Waals surface area (Å²) < 4.78 is 0. The molecule has 1 aromatic heterocycles. The molecule has 1 aromatic carbocycles. The first-order chi connectivity index (χ1) is 10.2. The maximum atomic E-state index is 12.5. The predicted octanol–water partition coefficient (Wildman–Crippen LogP) is 3.62. The van der Waals surface area contributed by atoms with E-state index in [4.69, 9.17) is 0 Å². The SMILES string of the molecule is CN(C)C=C(C#N)C(=O)c1cc2c(C(C)(C)C)cccc2[nH]1. The number of Topliss-reactive ketones (excluding diaryl/α,β-unsaturated/α-hetero) is 1. The zero-order valence-corrected chi connectivity index (χ0v) is 13.7. The van der Waals surface area contributed by atoms with E-state index in [0.29, 0.717) is 5.69 Å². The number of hydrogen-bond donors (Lipinski definition) is 1. The third-order valence-corrected chi connectivity index (χ3v) is 3.47. The van der Waals surface area contributed by atoms with Gasteiger partial charge in [-0.3, -0.25) is 4.79 Å². The number of nitrogens with zero attached hydrogens (tertiary/aromatic N) is 2. The normalized spacial score (nSPS) is 12.3. The molecule has 114 valence electrons. The Hall–Kier alpha value is -2.54. The highest BCUT2D eigenvalue weighted by Crippen LogP contribution is 2.30. The lowest BCUT2D eigenvalue weighted by molar-refractivity contribution is 0.103. The van der Waals surface area contributed by atoms with Crippen LogP contribution in [0.15, 0.2) is 36.0 Å². The minimum absolute atomic E-state index is 0.0143. The number of nitriles is 1. The highest BCUT2D eigenvalue weighted by Gasteiger charge is 2.20. The fraction of sp³-hybridized carbons (Fsp3) is 0.333. The van der Waals surface area contributed by atoms with Gasteiger partial charge in [0.25, 0.3) is 0 Å². The van der Waals surface area contributed by atoms with E-state index < -0.39 is 0 Å². The number of allylic oxidation sites excluding steroid dienone is 1. The molecule has 0 aliphatic carbocycles. The molecule has 0 amide bonds. The number of fused-ring (bicyclic) bond motifs is 1. The van der Waals surface area contributed by atoms with E-state index in [1.807, 2.05) is 24.3 Å². The number of carbonyl (C=O) groups excluding carboxylic acids is 1. The van der Waals surface area contributed by atoms with Gasteiger partial charge in [-0.1, -0.05) is 32.9 Å². The van der Waals surface area contributed by atoms with Crippen LogP contribution in [-0.4, -0.2) is 29.8 Å². The molecule has 0 radical (unpaired) electrons. The Labute approximate surface area is 131 Å². The molecule has 0 atom stereocenters. The summed E-state index contributed by atoms with van der Waals surface area (Å²) in [6.07, 6.45) is 1.54. The van der Waals surface area contributed by atoms with E-state index >= 15 is 0 Å². The minimum Gasteiger partial charge on any atom is -0.382 e.